The van der Waals surface area contributed by atoms with E-state index in [4.69, 9.17) is 5.73 Å². The van der Waals surface area contributed by atoms with E-state index in [-0.39, 0.29) is 39.7 Å². The van der Waals surface area contributed by atoms with Gasteiger partial charge in [0.15, 0.2) is 4.90 Å². The molecule has 1 heterocycles. The van der Waals surface area contributed by atoms with Crippen LogP contribution >= 0.6 is 0 Å². The van der Waals surface area contributed by atoms with Gasteiger partial charge in [-0.2, -0.15) is 10.2 Å². The number of sulfone groups is 1. The molecule has 5 rings (SSSR count). The maximum absolute atomic E-state index is 14.4. The molecule has 0 bridgehead atoms. The monoisotopic (exact) mass is 604 g/mol. The fourth-order valence-corrected chi connectivity index (χ4v) is 6.52. The van der Waals surface area contributed by atoms with Crippen LogP contribution in [0.5, 0.6) is 5.88 Å². The third kappa shape index (κ3) is 5.76. The van der Waals surface area contributed by atoms with Crippen molar-refractivity contribution < 1.29 is 27.1 Å². The van der Waals surface area contributed by atoms with Gasteiger partial charge in [-0.1, -0.05) is 25.1 Å². The Kier molecular flexibility index (Phi) is 7.86. The second kappa shape index (κ2) is 11.4. The van der Waals surface area contributed by atoms with Gasteiger partial charge in [0.05, 0.1) is 22.6 Å². The average Bonchev–Trinajstić information content (AvgIpc) is 3.78. The number of carbonyl (C=O) groups is 1. The largest absolute Gasteiger partial charge is 0.493 e. The summed E-state index contributed by atoms with van der Waals surface area (Å²) in [5.74, 6) is -2.72. The van der Waals surface area contributed by atoms with Gasteiger partial charge in [0.2, 0.25) is 21.6 Å². The SMILES string of the molecule is CCC(c1cc(F)cc(C#N)c1)n1c(CC2CC2)nc(=O)c(S(=O)(=O)c2ccc(-c3ccc(F)cc3C(N)=O)cc2)c1O. The van der Waals surface area contributed by atoms with Crippen LogP contribution in [-0.2, 0) is 16.3 Å². The maximum Gasteiger partial charge on any atom is 0.296 e. The topological polar surface area (TPSA) is 156 Å². The Morgan fingerprint density at radius 3 is 2.42 bits per heavy atom. The second-order valence-corrected chi connectivity index (χ2v) is 12.3. The minimum absolute atomic E-state index is 0.0410. The van der Waals surface area contributed by atoms with E-state index in [1.807, 2.05) is 6.07 Å². The van der Waals surface area contributed by atoms with E-state index in [0.29, 0.717) is 17.5 Å². The number of nitrogens with zero attached hydrogens (tertiary/aromatic N) is 3. The van der Waals surface area contributed by atoms with Gasteiger partial charge in [0.1, 0.15) is 17.5 Å². The summed E-state index contributed by atoms with van der Waals surface area (Å²) in [4.78, 5) is 27.9. The van der Waals surface area contributed by atoms with Crippen molar-refractivity contribution in [2.45, 2.75) is 48.4 Å². The molecule has 220 valence electrons. The van der Waals surface area contributed by atoms with Crippen LogP contribution in [0.3, 0.4) is 0 Å². The molecule has 1 aromatic heterocycles. The highest BCUT2D eigenvalue weighted by Gasteiger charge is 2.34. The molecular weight excluding hydrogens is 578 g/mol. The Hall–Kier alpha value is -4.89. The molecule has 1 saturated carbocycles. The van der Waals surface area contributed by atoms with Crippen molar-refractivity contribution in [1.82, 2.24) is 9.55 Å². The standard InChI is InChI=1S/C31H26F2N4O5S/c1-2-26(20-11-18(16-34)12-22(33)14-20)37-27(13-17-3-4-17)36-30(39)28(31(37)40)43(41,42)23-8-5-19(6-9-23)24-10-7-21(32)15-25(24)29(35)38/h5-12,14-15,17,26,40H,2-4,13H2,1H3,(H2,35,38). The van der Waals surface area contributed by atoms with E-state index in [1.54, 1.807) is 6.92 Å². The molecule has 9 nitrogen and oxygen atoms in total. The third-order valence-electron chi connectivity index (χ3n) is 7.43. The number of carbonyl (C=O) groups excluding carboxylic acids is 1. The molecule has 0 radical (unpaired) electrons. The summed E-state index contributed by atoms with van der Waals surface area (Å²) in [5.41, 5.74) is 5.11. The van der Waals surface area contributed by atoms with Crippen molar-refractivity contribution in [1.29, 1.82) is 5.26 Å². The Morgan fingerprint density at radius 1 is 1.12 bits per heavy atom. The van der Waals surface area contributed by atoms with Gasteiger partial charge in [-0.3, -0.25) is 14.2 Å². The first-order chi connectivity index (χ1) is 20.4. The lowest BCUT2D eigenvalue weighted by molar-refractivity contribution is 0.100. The number of halogens is 2. The summed E-state index contributed by atoms with van der Waals surface area (Å²) < 4.78 is 57.0. The van der Waals surface area contributed by atoms with E-state index >= 15 is 0 Å². The first kappa shape index (κ1) is 29.6. The van der Waals surface area contributed by atoms with E-state index in [1.165, 1.54) is 47.0 Å². The highest BCUT2D eigenvalue weighted by Crippen LogP contribution is 2.38. The van der Waals surface area contributed by atoms with Crippen LogP contribution in [0, 0.1) is 28.9 Å². The average molecular weight is 605 g/mol. The number of primary amides is 1. The van der Waals surface area contributed by atoms with Crippen LogP contribution in [0.25, 0.3) is 11.1 Å². The molecule has 12 heteroatoms. The van der Waals surface area contributed by atoms with Crippen LogP contribution in [0.15, 0.2) is 75.2 Å². The van der Waals surface area contributed by atoms with Crippen molar-refractivity contribution in [2.75, 3.05) is 0 Å². The number of rotatable bonds is 9. The minimum atomic E-state index is -4.65. The fourth-order valence-electron chi connectivity index (χ4n) is 5.18. The second-order valence-electron chi connectivity index (χ2n) is 10.4. The summed E-state index contributed by atoms with van der Waals surface area (Å²) in [6.07, 6.45) is 2.31. The summed E-state index contributed by atoms with van der Waals surface area (Å²) in [6.45, 7) is 1.74. The van der Waals surface area contributed by atoms with Crippen molar-refractivity contribution in [3.8, 4) is 23.1 Å². The Morgan fingerprint density at radius 2 is 1.81 bits per heavy atom. The van der Waals surface area contributed by atoms with Gasteiger partial charge < -0.3 is 10.8 Å². The van der Waals surface area contributed by atoms with Crippen LogP contribution in [0.1, 0.15) is 59.5 Å². The molecular formula is C31H26F2N4O5S. The highest BCUT2D eigenvalue weighted by atomic mass is 32.2. The normalized spacial score (nSPS) is 13.8. The maximum atomic E-state index is 14.4. The molecule has 1 unspecified atom stereocenters. The van der Waals surface area contributed by atoms with Gasteiger partial charge in [-0.25, -0.2) is 17.2 Å². The molecule has 4 aromatic rings. The van der Waals surface area contributed by atoms with Crippen LogP contribution in [0.2, 0.25) is 0 Å². The third-order valence-corrected chi connectivity index (χ3v) is 9.21. The zero-order valence-corrected chi connectivity index (χ0v) is 23.7. The molecule has 1 atom stereocenters. The van der Waals surface area contributed by atoms with Crippen molar-refractivity contribution in [3.63, 3.8) is 0 Å². The van der Waals surface area contributed by atoms with Gasteiger partial charge >= 0.3 is 0 Å². The Balaban J connectivity index is 1.64. The first-order valence-electron chi connectivity index (χ1n) is 13.4. The lowest BCUT2D eigenvalue weighted by atomic mass is 9.99. The number of aromatic nitrogens is 2. The number of benzene rings is 3. The number of nitrogens with two attached hydrogens (primary N) is 1. The first-order valence-corrected chi connectivity index (χ1v) is 14.9. The van der Waals surface area contributed by atoms with E-state index in [2.05, 4.69) is 4.98 Å². The van der Waals surface area contributed by atoms with Crippen LogP contribution in [0.4, 0.5) is 8.78 Å². The fraction of sp³-hybridized carbons (Fsp3) is 0.226. The van der Waals surface area contributed by atoms with Gasteiger partial charge in [0.25, 0.3) is 5.56 Å². The number of amides is 1. The molecule has 1 fully saturated rings. The summed E-state index contributed by atoms with van der Waals surface area (Å²) in [7, 11) is -4.65. The summed E-state index contributed by atoms with van der Waals surface area (Å²) in [5, 5.41) is 20.9. The van der Waals surface area contributed by atoms with Gasteiger partial charge in [-0.05, 0) is 84.3 Å². The van der Waals surface area contributed by atoms with E-state index in [0.717, 1.165) is 31.0 Å². The molecule has 3 aromatic carbocycles. The molecule has 1 aliphatic carbocycles. The quantitative estimate of drug-likeness (QED) is 0.282. The molecule has 3 N–H and O–H groups in total. The van der Waals surface area contributed by atoms with Crippen molar-refractivity contribution in [2.24, 2.45) is 11.7 Å². The predicted octanol–water partition coefficient (Wildman–Crippen LogP) is 4.65. The smallest absolute Gasteiger partial charge is 0.296 e. The minimum Gasteiger partial charge on any atom is -0.493 e. The zero-order chi connectivity index (χ0) is 31.1. The number of hydrogen-bond acceptors (Lipinski definition) is 7. The number of aromatic hydroxyl groups is 1. The van der Waals surface area contributed by atoms with Crippen molar-refractivity contribution in [3.05, 3.63) is 105 Å². The lowest BCUT2D eigenvalue weighted by Gasteiger charge is -2.25. The van der Waals surface area contributed by atoms with Gasteiger partial charge in [-0.15, -0.1) is 0 Å². The molecule has 43 heavy (non-hydrogen) atoms. The van der Waals surface area contributed by atoms with Crippen LogP contribution < -0.4 is 11.3 Å². The number of hydrogen-bond donors (Lipinski definition) is 2. The summed E-state index contributed by atoms with van der Waals surface area (Å²) >= 11 is 0. The molecule has 1 amide bonds. The zero-order valence-electron chi connectivity index (χ0n) is 22.9. The molecule has 0 spiro atoms. The molecule has 0 aliphatic heterocycles. The lowest BCUT2D eigenvalue weighted by Crippen LogP contribution is -2.28. The molecule has 1 aliphatic rings. The summed E-state index contributed by atoms with van der Waals surface area (Å²) in [6, 6.07) is 13.3. The molecule has 0 saturated heterocycles. The number of nitriles is 1. The Bertz CT molecular complexity index is 1960. The van der Waals surface area contributed by atoms with E-state index < -0.39 is 49.8 Å². The highest BCUT2D eigenvalue weighted by molar-refractivity contribution is 7.91. The Labute approximate surface area is 245 Å². The van der Waals surface area contributed by atoms with E-state index in [9.17, 15) is 37.2 Å². The van der Waals surface area contributed by atoms with Crippen LogP contribution in [-0.4, -0.2) is 29.0 Å². The predicted molar refractivity (Wildman–Crippen MR) is 152 cm³/mol. The van der Waals surface area contributed by atoms with Crippen molar-refractivity contribution >= 4 is 15.7 Å². The van der Waals surface area contributed by atoms with Gasteiger partial charge in [0, 0.05) is 12.0 Å².